The highest BCUT2D eigenvalue weighted by Gasteiger charge is 2.46. The summed E-state index contributed by atoms with van der Waals surface area (Å²) >= 11 is 0. The predicted molar refractivity (Wildman–Crippen MR) is 157 cm³/mol. The van der Waals surface area contributed by atoms with Crippen LogP contribution >= 0.6 is 0 Å². The van der Waals surface area contributed by atoms with Gasteiger partial charge >= 0.3 is 12.1 Å². The van der Waals surface area contributed by atoms with Crippen LogP contribution in [0.4, 0.5) is 4.79 Å². The Morgan fingerprint density at radius 2 is 1.86 bits per heavy atom. The summed E-state index contributed by atoms with van der Waals surface area (Å²) < 4.78 is 17.7. The van der Waals surface area contributed by atoms with Crippen molar-refractivity contribution in [3.05, 3.63) is 30.0 Å². The van der Waals surface area contributed by atoms with E-state index in [1.807, 2.05) is 45.0 Å². The minimum Gasteiger partial charge on any atom is -0.497 e. The highest BCUT2D eigenvalue weighted by atomic mass is 16.6. The molecule has 0 unspecified atom stereocenters. The summed E-state index contributed by atoms with van der Waals surface area (Å²) in [6.07, 6.45) is 6.25. The molecule has 10 nitrogen and oxygen atoms in total. The van der Waals surface area contributed by atoms with Crippen LogP contribution in [0.15, 0.2) is 24.3 Å². The van der Waals surface area contributed by atoms with Crippen LogP contribution in [0.5, 0.6) is 11.5 Å². The maximum Gasteiger partial charge on any atom is 0.408 e. The van der Waals surface area contributed by atoms with E-state index in [1.54, 1.807) is 7.11 Å². The van der Waals surface area contributed by atoms with Crippen molar-refractivity contribution in [2.45, 2.75) is 103 Å². The summed E-state index contributed by atoms with van der Waals surface area (Å²) in [4.78, 5) is 45.6. The van der Waals surface area contributed by atoms with Gasteiger partial charge in [-0.3, -0.25) is 4.79 Å². The molecule has 2 fully saturated rings. The van der Waals surface area contributed by atoms with Gasteiger partial charge in [-0.25, -0.2) is 14.6 Å². The number of carbonyl (C=O) groups is 3. The number of aryl methyl sites for hydroxylation is 1. The third-order valence-electron chi connectivity index (χ3n) is 8.90. The van der Waals surface area contributed by atoms with Gasteiger partial charge in [0.2, 0.25) is 5.91 Å². The zero-order valence-corrected chi connectivity index (χ0v) is 25.1. The second-order valence-corrected chi connectivity index (χ2v) is 13.0. The Hall–Kier alpha value is -3.56. The summed E-state index contributed by atoms with van der Waals surface area (Å²) in [6.45, 7) is 5.63. The monoisotopic (exact) mass is 581 g/mol. The standard InChI is InChI=1S/C32H43N3O7/c1-32(2,3)28-29(36)35-18-22(17-25(35)30(37)38)41-27-16-20-15-21(40-4)13-14-23(20)33-24(27)11-7-5-6-9-19-10-8-12-26(19)42-31(39)34-28/h13-16,19,22,25-26,28H,5-12,17-18H2,1-4H3,(H,34,39)(H,37,38)/t19-,22-,25+,26-,28-/m1/s1. The highest BCUT2D eigenvalue weighted by molar-refractivity contribution is 5.90. The molecule has 42 heavy (non-hydrogen) atoms. The Balaban J connectivity index is 1.49. The first-order chi connectivity index (χ1) is 20.0. The fraction of sp³-hybridized carbons (Fsp3) is 0.625. The molecule has 1 saturated heterocycles. The Labute approximate surface area is 247 Å². The van der Waals surface area contributed by atoms with Crippen molar-refractivity contribution in [3.63, 3.8) is 0 Å². The third kappa shape index (κ3) is 6.57. The smallest absolute Gasteiger partial charge is 0.408 e. The summed E-state index contributed by atoms with van der Waals surface area (Å²) in [5.74, 6) is 0.0409. The molecule has 3 heterocycles. The maximum atomic E-state index is 13.9. The van der Waals surface area contributed by atoms with Crippen molar-refractivity contribution in [1.29, 1.82) is 0 Å². The van der Waals surface area contributed by atoms with Crippen molar-refractivity contribution in [1.82, 2.24) is 15.2 Å². The number of hydrogen-bond donors (Lipinski definition) is 2. The van der Waals surface area contributed by atoms with Crippen LogP contribution in [0.2, 0.25) is 0 Å². The van der Waals surface area contributed by atoms with Crippen LogP contribution in [-0.4, -0.2) is 70.9 Å². The summed E-state index contributed by atoms with van der Waals surface area (Å²) in [5.41, 5.74) is 0.983. The average molecular weight is 582 g/mol. The molecule has 5 rings (SSSR count). The molecule has 1 aromatic carbocycles. The van der Waals surface area contributed by atoms with Gasteiger partial charge in [0.05, 0.1) is 24.9 Å². The minimum absolute atomic E-state index is 0.0827. The molecule has 2 N–H and O–H groups in total. The van der Waals surface area contributed by atoms with E-state index in [9.17, 15) is 19.5 Å². The Morgan fingerprint density at radius 3 is 2.60 bits per heavy atom. The topological polar surface area (TPSA) is 127 Å². The van der Waals surface area contributed by atoms with Crippen molar-refractivity contribution in [2.24, 2.45) is 11.3 Å². The SMILES string of the molecule is COc1ccc2nc3c(cc2c1)O[C@@H]1C[C@@H](C(=O)O)N(C1)C(=O)[C@H](C(C)(C)C)NC(=O)O[C@@H]1CCC[C@H]1CCCCC3. The van der Waals surface area contributed by atoms with Crippen LogP contribution in [0.1, 0.15) is 77.8 Å². The number of aliphatic carboxylic acids is 1. The lowest BCUT2D eigenvalue weighted by Gasteiger charge is -2.35. The summed E-state index contributed by atoms with van der Waals surface area (Å²) in [5, 5.41) is 13.8. The normalized spacial score (nSPS) is 27.6. The van der Waals surface area contributed by atoms with Crippen molar-refractivity contribution >= 4 is 28.9 Å². The molecular weight excluding hydrogens is 538 g/mol. The second-order valence-electron chi connectivity index (χ2n) is 13.0. The number of rotatable bonds is 2. The van der Waals surface area contributed by atoms with Crippen LogP contribution in [0.3, 0.4) is 0 Å². The van der Waals surface area contributed by atoms with Crippen LogP contribution < -0.4 is 14.8 Å². The number of carboxylic acid groups (broad SMARTS) is 1. The fourth-order valence-electron chi connectivity index (χ4n) is 6.59. The zero-order valence-electron chi connectivity index (χ0n) is 25.1. The number of alkyl carbamates (subject to hydrolysis) is 1. The van der Waals surface area contributed by atoms with E-state index in [2.05, 4.69) is 5.32 Å². The maximum absolute atomic E-state index is 13.9. The number of fused-ring (bicyclic) bond motifs is 5. The molecule has 0 spiro atoms. The van der Waals surface area contributed by atoms with Gasteiger partial charge < -0.3 is 29.5 Å². The molecule has 5 atom stereocenters. The third-order valence-corrected chi connectivity index (χ3v) is 8.90. The number of pyridine rings is 1. The van der Waals surface area contributed by atoms with E-state index in [-0.39, 0.29) is 19.1 Å². The lowest BCUT2D eigenvalue weighted by molar-refractivity contribution is -0.150. The first kappa shape index (κ1) is 29.9. The number of nitrogens with zero attached hydrogens (tertiary/aromatic N) is 2. The quantitative estimate of drug-likeness (QED) is 0.501. The Bertz CT molecular complexity index is 1320. The second kappa shape index (κ2) is 12.4. The van der Waals surface area contributed by atoms with E-state index in [1.165, 1.54) is 4.90 Å². The van der Waals surface area contributed by atoms with Gasteiger partial charge in [-0.2, -0.15) is 0 Å². The molecule has 0 radical (unpaired) electrons. The van der Waals surface area contributed by atoms with Gasteiger partial charge in [-0.1, -0.05) is 33.6 Å². The highest BCUT2D eigenvalue weighted by Crippen LogP contribution is 2.35. The average Bonchev–Trinajstić information content (AvgIpc) is 3.57. The number of aromatic nitrogens is 1. The molecule has 1 saturated carbocycles. The van der Waals surface area contributed by atoms with Gasteiger partial charge in [0, 0.05) is 11.8 Å². The molecule has 3 aliphatic rings. The van der Waals surface area contributed by atoms with E-state index in [0.717, 1.165) is 61.5 Å². The summed E-state index contributed by atoms with van der Waals surface area (Å²) in [6, 6.07) is 5.61. The van der Waals surface area contributed by atoms with Gasteiger partial charge in [-0.05, 0) is 74.1 Å². The fourth-order valence-corrected chi connectivity index (χ4v) is 6.59. The number of amides is 2. The van der Waals surface area contributed by atoms with Crippen molar-refractivity contribution in [2.75, 3.05) is 13.7 Å². The predicted octanol–water partition coefficient (Wildman–Crippen LogP) is 5.10. The Morgan fingerprint density at radius 1 is 1.07 bits per heavy atom. The number of carboxylic acids is 1. The molecule has 1 aromatic heterocycles. The number of benzene rings is 1. The van der Waals surface area contributed by atoms with Gasteiger partial charge in [-0.15, -0.1) is 0 Å². The molecule has 2 aliphatic heterocycles. The van der Waals surface area contributed by atoms with E-state index < -0.39 is 41.6 Å². The minimum atomic E-state index is -1.11. The number of ether oxygens (including phenoxy) is 3. The van der Waals surface area contributed by atoms with Crippen LogP contribution in [0.25, 0.3) is 10.9 Å². The molecule has 2 bridgehead atoms. The molecule has 10 heteroatoms. The lowest BCUT2D eigenvalue weighted by Crippen LogP contribution is -2.57. The van der Waals surface area contributed by atoms with Gasteiger partial charge in [0.1, 0.15) is 35.8 Å². The number of carbonyl (C=O) groups excluding carboxylic acids is 2. The Kier molecular flexibility index (Phi) is 8.80. The molecule has 2 aromatic rings. The lowest BCUT2D eigenvalue weighted by atomic mass is 9.85. The zero-order chi connectivity index (χ0) is 30.0. The molecular formula is C32H43N3O7. The van der Waals surface area contributed by atoms with Crippen molar-refractivity contribution in [3.8, 4) is 11.5 Å². The van der Waals surface area contributed by atoms with E-state index in [0.29, 0.717) is 23.8 Å². The summed E-state index contributed by atoms with van der Waals surface area (Å²) in [7, 11) is 1.61. The van der Waals surface area contributed by atoms with E-state index in [4.69, 9.17) is 19.2 Å². The van der Waals surface area contributed by atoms with Crippen molar-refractivity contribution < 1.29 is 33.7 Å². The van der Waals surface area contributed by atoms with E-state index >= 15 is 0 Å². The van der Waals surface area contributed by atoms with Crippen LogP contribution in [-0.2, 0) is 20.7 Å². The molecule has 228 valence electrons. The molecule has 2 amide bonds. The number of nitrogens with one attached hydrogen (secondary N) is 1. The number of methoxy groups -OCH3 is 1. The van der Waals surface area contributed by atoms with Crippen LogP contribution in [0, 0.1) is 11.3 Å². The number of hydrogen-bond acceptors (Lipinski definition) is 7. The largest absolute Gasteiger partial charge is 0.497 e. The first-order valence-corrected chi connectivity index (χ1v) is 15.2. The first-order valence-electron chi connectivity index (χ1n) is 15.2. The van der Waals surface area contributed by atoms with Gasteiger partial charge in [0.15, 0.2) is 0 Å². The van der Waals surface area contributed by atoms with Gasteiger partial charge in [0.25, 0.3) is 0 Å². The molecule has 1 aliphatic carbocycles.